The van der Waals surface area contributed by atoms with Gasteiger partial charge in [-0.3, -0.25) is 9.69 Å². The third-order valence-electron chi connectivity index (χ3n) is 2.91. The van der Waals surface area contributed by atoms with E-state index in [0.717, 1.165) is 11.3 Å². The Hall–Kier alpha value is -1.29. The first-order chi connectivity index (χ1) is 6.98. The number of aliphatic hydroxyl groups is 1. The minimum atomic E-state index is -0.604. The zero-order chi connectivity index (χ0) is 11.2. The van der Waals surface area contributed by atoms with Crippen molar-refractivity contribution in [3.8, 4) is 0 Å². The Labute approximate surface area is 90.1 Å². The van der Waals surface area contributed by atoms with Crippen molar-refractivity contribution < 1.29 is 9.90 Å². The molecule has 0 aliphatic carbocycles. The smallest absolute Gasteiger partial charge is 0.239 e. The summed E-state index contributed by atoms with van der Waals surface area (Å²) in [7, 11) is 5.69. The second kappa shape index (κ2) is 3.10. The molecule has 1 amide bonds. The summed E-state index contributed by atoms with van der Waals surface area (Å²) < 4.78 is 0. The van der Waals surface area contributed by atoms with Gasteiger partial charge in [0, 0.05) is 0 Å². The number of hydrogen-bond donors (Lipinski definition) is 1. The molecule has 0 bridgehead atoms. The van der Waals surface area contributed by atoms with Gasteiger partial charge in [-0.2, -0.15) is 0 Å². The van der Waals surface area contributed by atoms with E-state index in [9.17, 15) is 4.79 Å². The predicted molar refractivity (Wildman–Crippen MR) is 59.4 cm³/mol. The van der Waals surface area contributed by atoms with Crippen molar-refractivity contribution in [1.29, 1.82) is 0 Å². The molecule has 3 nitrogen and oxygen atoms in total. The van der Waals surface area contributed by atoms with E-state index in [-0.39, 0.29) is 12.6 Å². The highest BCUT2D eigenvalue weighted by atomic mass is 16.3. The van der Waals surface area contributed by atoms with Gasteiger partial charge < -0.3 is 5.11 Å². The van der Waals surface area contributed by atoms with Gasteiger partial charge in [-0.15, -0.1) is 0 Å². The van der Waals surface area contributed by atoms with Crippen LogP contribution in [0.5, 0.6) is 0 Å². The third kappa shape index (κ3) is 1.28. The fourth-order valence-electron chi connectivity index (χ4n) is 1.99. The second-order valence-electron chi connectivity index (χ2n) is 4.28. The standard InChI is InChI=1S/C11H12BNO2/c1-11(2)8-5-7(12)3-4-9(8)13(6-14)10(11)15/h3-5,14H,6H2,1-2H3. The van der Waals surface area contributed by atoms with Gasteiger partial charge in [0.15, 0.2) is 0 Å². The average Bonchev–Trinajstić information content (AvgIpc) is 2.37. The molecule has 0 saturated heterocycles. The van der Waals surface area contributed by atoms with Crippen LogP contribution in [0, 0.1) is 0 Å². The number of benzene rings is 1. The molecule has 1 aliphatic heterocycles. The molecule has 1 aliphatic rings. The van der Waals surface area contributed by atoms with Gasteiger partial charge in [-0.25, -0.2) is 0 Å². The van der Waals surface area contributed by atoms with Crippen LogP contribution in [0.1, 0.15) is 19.4 Å². The molecule has 1 heterocycles. The Kier molecular flexibility index (Phi) is 2.12. The number of fused-ring (bicyclic) bond motifs is 1. The van der Waals surface area contributed by atoms with Crippen LogP contribution >= 0.6 is 0 Å². The number of anilines is 1. The quantitative estimate of drug-likeness (QED) is 0.652. The molecule has 0 saturated carbocycles. The first-order valence-corrected chi connectivity index (χ1v) is 4.81. The predicted octanol–water partition coefficient (Wildman–Crippen LogP) is 0.0544. The van der Waals surface area contributed by atoms with E-state index in [1.54, 1.807) is 18.2 Å². The Balaban J connectivity index is 2.65. The van der Waals surface area contributed by atoms with Gasteiger partial charge in [0.05, 0.1) is 11.1 Å². The molecule has 0 spiro atoms. The molecule has 1 N–H and O–H groups in total. The molecular formula is C11H12BNO2. The van der Waals surface area contributed by atoms with E-state index >= 15 is 0 Å². The number of carbonyl (C=O) groups is 1. The summed E-state index contributed by atoms with van der Waals surface area (Å²) in [5, 5.41) is 9.16. The van der Waals surface area contributed by atoms with E-state index < -0.39 is 5.41 Å². The van der Waals surface area contributed by atoms with Crippen LogP contribution in [0.25, 0.3) is 0 Å². The molecule has 0 aromatic heterocycles. The molecule has 1 aromatic rings. The number of hydrogen-bond acceptors (Lipinski definition) is 2. The van der Waals surface area contributed by atoms with Crippen molar-refractivity contribution in [1.82, 2.24) is 0 Å². The lowest BCUT2D eigenvalue weighted by Gasteiger charge is -2.17. The van der Waals surface area contributed by atoms with Crippen molar-refractivity contribution in [3.63, 3.8) is 0 Å². The fourth-order valence-corrected chi connectivity index (χ4v) is 1.99. The average molecular weight is 201 g/mol. The molecule has 15 heavy (non-hydrogen) atoms. The molecule has 2 rings (SSSR count). The zero-order valence-corrected chi connectivity index (χ0v) is 8.82. The van der Waals surface area contributed by atoms with Crippen LogP contribution in [-0.2, 0) is 10.2 Å². The summed E-state index contributed by atoms with van der Waals surface area (Å²) in [6.07, 6.45) is 0. The van der Waals surface area contributed by atoms with Crippen LogP contribution in [-0.4, -0.2) is 25.6 Å². The first kappa shape index (κ1) is 10.2. The minimum Gasteiger partial charge on any atom is -0.376 e. The molecule has 4 heteroatoms. The number of aliphatic hydroxyl groups excluding tert-OH is 1. The Bertz CT molecular complexity index is 429. The van der Waals surface area contributed by atoms with Crippen LogP contribution in [0.3, 0.4) is 0 Å². The van der Waals surface area contributed by atoms with Gasteiger partial charge in [0.2, 0.25) is 5.91 Å². The molecule has 1 aromatic carbocycles. The molecule has 0 fully saturated rings. The van der Waals surface area contributed by atoms with Crippen LogP contribution in [0.15, 0.2) is 18.2 Å². The summed E-state index contributed by atoms with van der Waals surface area (Å²) in [4.78, 5) is 13.3. The second-order valence-corrected chi connectivity index (χ2v) is 4.28. The maximum atomic E-state index is 12.0. The van der Waals surface area contributed by atoms with Gasteiger partial charge in [-0.1, -0.05) is 17.6 Å². The molecule has 2 radical (unpaired) electrons. The van der Waals surface area contributed by atoms with E-state index in [4.69, 9.17) is 13.0 Å². The summed E-state index contributed by atoms with van der Waals surface area (Å²) in [5.74, 6) is -0.0920. The highest BCUT2D eigenvalue weighted by molar-refractivity contribution is 6.32. The van der Waals surface area contributed by atoms with Crippen molar-refractivity contribution in [3.05, 3.63) is 23.8 Å². The molecule has 76 valence electrons. The number of amides is 1. The number of nitrogens with zero attached hydrogens (tertiary/aromatic N) is 1. The molecule has 0 unspecified atom stereocenters. The number of carbonyl (C=O) groups excluding carboxylic acids is 1. The Morgan fingerprint density at radius 2 is 2.13 bits per heavy atom. The minimum absolute atomic E-state index is 0.0920. The SMILES string of the molecule is [B]c1ccc2c(c1)C(C)(C)C(=O)N2CO. The lowest BCUT2D eigenvalue weighted by Crippen LogP contribution is -2.36. The lowest BCUT2D eigenvalue weighted by atomic mass is 9.83. The Morgan fingerprint density at radius 3 is 2.73 bits per heavy atom. The molecule has 0 atom stereocenters. The molecular weight excluding hydrogens is 189 g/mol. The van der Waals surface area contributed by atoms with E-state index in [0.29, 0.717) is 5.46 Å². The topological polar surface area (TPSA) is 40.5 Å². The van der Waals surface area contributed by atoms with Crippen LogP contribution in [0.2, 0.25) is 0 Å². The summed E-state index contributed by atoms with van der Waals surface area (Å²) in [6.45, 7) is 3.38. The van der Waals surface area contributed by atoms with Gasteiger partial charge in [0.1, 0.15) is 14.6 Å². The van der Waals surface area contributed by atoms with E-state index in [1.165, 1.54) is 4.90 Å². The maximum Gasteiger partial charge on any atom is 0.239 e. The Morgan fingerprint density at radius 1 is 1.47 bits per heavy atom. The first-order valence-electron chi connectivity index (χ1n) is 4.81. The number of rotatable bonds is 1. The van der Waals surface area contributed by atoms with Crippen LogP contribution < -0.4 is 10.4 Å². The lowest BCUT2D eigenvalue weighted by molar-refractivity contribution is -0.122. The van der Waals surface area contributed by atoms with E-state index in [1.807, 2.05) is 13.8 Å². The van der Waals surface area contributed by atoms with Crippen molar-refractivity contribution >= 4 is 24.9 Å². The third-order valence-corrected chi connectivity index (χ3v) is 2.91. The van der Waals surface area contributed by atoms with Crippen molar-refractivity contribution in [2.75, 3.05) is 11.6 Å². The van der Waals surface area contributed by atoms with Gasteiger partial charge in [0.25, 0.3) is 0 Å². The van der Waals surface area contributed by atoms with Gasteiger partial charge >= 0.3 is 0 Å². The highest BCUT2D eigenvalue weighted by Gasteiger charge is 2.43. The van der Waals surface area contributed by atoms with E-state index in [2.05, 4.69) is 0 Å². The summed E-state index contributed by atoms with van der Waals surface area (Å²) in [6, 6.07) is 5.30. The van der Waals surface area contributed by atoms with Crippen LogP contribution in [0.4, 0.5) is 5.69 Å². The van der Waals surface area contributed by atoms with Crippen molar-refractivity contribution in [2.45, 2.75) is 19.3 Å². The van der Waals surface area contributed by atoms with Gasteiger partial charge in [-0.05, 0) is 25.5 Å². The fraction of sp³-hybridized carbons (Fsp3) is 0.364. The monoisotopic (exact) mass is 201 g/mol. The maximum absolute atomic E-state index is 12.0. The summed E-state index contributed by atoms with van der Waals surface area (Å²) >= 11 is 0. The summed E-state index contributed by atoms with van der Waals surface area (Å²) in [5.41, 5.74) is 1.66. The normalized spacial score (nSPS) is 18.1. The highest BCUT2D eigenvalue weighted by Crippen LogP contribution is 2.40. The van der Waals surface area contributed by atoms with Crippen molar-refractivity contribution in [2.24, 2.45) is 0 Å². The largest absolute Gasteiger partial charge is 0.376 e. The zero-order valence-electron chi connectivity index (χ0n) is 8.82.